The van der Waals surface area contributed by atoms with E-state index in [1.807, 2.05) is 31.2 Å². The first kappa shape index (κ1) is 11.6. The van der Waals surface area contributed by atoms with Gasteiger partial charge in [-0.05, 0) is 32.4 Å². The highest BCUT2D eigenvalue weighted by Crippen LogP contribution is 2.21. The van der Waals surface area contributed by atoms with Crippen LogP contribution in [-0.4, -0.2) is 17.7 Å². The van der Waals surface area contributed by atoms with Gasteiger partial charge >= 0.3 is 5.97 Å². The summed E-state index contributed by atoms with van der Waals surface area (Å²) in [5.41, 5.74) is 0.154. The number of hydrogen-bond donors (Lipinski definition) is 1. The summed E-state index contributed by atoms with van der Waals surface area (Å²) in [6, 6.07) is 7.57. The van der Waals surface area contributed by atoms with E-state index in [9.17, 15) is 4.79 Å². The Morgan fingerprint density at radius 1 is 1.40 bits per heavy atom. The quantitative estimate of drug-likeness (QED) is 0.826. The van der Waals surface area contributed by atoms with Crippen molar-refractivity contribution in [2.75, 3.05) is 6.61 Å². The summed E-state index contributed by atoms with van der Waals surface area (Å²) in [6.07, 6.45) is 0. The fraction of sp³-hybridized carbons (Fsp3) is 0.417. The van der Waals surface area contributed by atoms with Crippen LogP contribution in [0, 0.1) is 12.3 Å². The number of ether oxygens (including phenoxy) is 1. The Bertz CT molecular complexity index is 356. The van der Waals surface area contributed by atoms with Crippen molar-refractivity contribution < 1.29 is 14.6 Å². The summed E-state index contributed by atoms with van der Waals surface area (Å²) in [4.78, 5) is 10.8. The summed E-state index contributed by atoms with van der Waals surface area (Å²) in [5.74, 6) is -0.108. The molecular weight excluding hydrogens is 192 g/mol. The highest BCUT2D eigenvalue weighted by molar-refractivity contribution is 5.73. The number of benzene rings is 1. The predicted molar refractivity (Wildman–Crippen MR) is 58.1 cm³/mol. The van der Waals surface area contributed by atoms with Gasteiger partial charge in [-0.25, -0.2) is 0 Å². The molecule has 0 saturated heterocycles. The number of aryl methyl sites for hydroxylation is 1. The zero-order valence-corrected chi connectivity index (χ0v) is 9.28. The van der Waals surface area contributed by atoms with Crippen LogP contribution >= 0.6 is 0 Å². The van der Waals surface area contributed by atoms with Gasteiger partial charge in [-0.2, -0.15) is 0 Å². The molecule has 1 N–H and O–H groups in total. The summed E-state index contributed by atoms with van der Waals surface area (Å²) in [6.45, 7) is 5.40. The van der Waals surface area contributed by atoms with Crippen molar-refractivity contribution in [2.24, 2.45) is 5.41 Å². The third-order valence-corrected chi connectivity index (χ3v) is 2.26. The van der Waals surface area contributed by atoms with Crippen LogP contribution in [0.1, 0.15) is 19.4 Å². The Hall–Kier alpha value is -1.51. The molecule has 0 heterocycles. The van der Waals surface area contributed by atoms with Crippen LogP contribution in [-0.2, 0) is 4.79 Å². The van der Waals surface area contributed by atoms with E-state index < -0.39 is 11.4 Å². The Kier molecular flexibility index (Phi) is 3.35. The van der Waals surface area contributed by atoms with Gasteiger partial charge in [0.25, 0.3) is 0 Å². The Morgan fingerprint density at radius 3 is 2.53 bits per heavy atom. The maximum atomic E-state index is 10.8. The molecule has 0 aliphatic rings. The minimum atomic E-state index is -0.859. The number of carboxylic acid groups (broad SMARTS) is 1. The van der Waals surface area contributed by atoms with E-state index in [1.54, 1.807) is 13.8 Å². The van der Waals surface area contributed by atoms with Crippen LogP contribution in [0.4, 0.5) is 0 Å². The van der Waals surface area contributed by atoms with Crippen molar-refractivity contribution in [3.8, 4) is 5.75 Å². The Morgan fingerprint density at radius 2 is 2.00 bits per heavy atom. The molecule has 1 rings (SSSR count). The van der Waals surface area contributed by atoms with Crippen molar-refractivity contribution in [3.05, 3.63) is 29.8 Å². The first-order chi connectivity index (χ1) is 6.93. The second-order valence-electron chi connectivity index (χ2n) is 4.24. The van der Waals surface area contributed by atoms with E-state index >= 15 is 0 Å². The van der Waals surface area contributed by atoms with Crippen LogP contribution in [0.15, 0.2) is 24.3 Å². The maximum Gasteiger partial charge on any atom is 0.312 e. The zero-order valence-electron chi connectivity index (χ0n) is 9.28. The van der Waals surface area contributed by atoms with E-state index in [2.05, 4.69) is 0 Å². The monoisotopic (exact) mass is 208 g/mol. The molecule has 82 valence electrons. The van der Waals surface area contributed by atoms with Crippen molar-refractivity contribution >= 4 is 5.97 Å². The zero-order chi connectivity index (χ0) is 11.5. The van der Waals surface area contributed by atoms with Crippen molar-refractivity contribution in [1.29, 1.82) is 0 Å². The number of carboxylic acids is 1. The van der Waals surface area contributed by atoms with E-state index in [1.165, 1.54) is 0 Å². The molecule has 0 spiro atoms. The third kappa shape index (κ3) is 2.98. The summed E-state index contributed by atoms with van der Waals surface area (Å²) in [5, 5.41) is 8.91. The van der Waals surface area contributed by atoms with E-state index in [4.69, 9.17) is 9.84 Å². The first-order valence-corrected chi connectivity index (χ1v) is 4.85. The number of aliphatic carboxylic acids is 1. The fourth-order valence-electron chi connectivity index (χ4n) is 1.04. The van der Waals surface area contributed by atoms with Gasteiger partial charge in [0.05, 0.1) is 5.41 Å². The highest BCUT2D eigenvalue weighted by Gasteiger charge is 2.28. The molecule has 0 aliphatic carbocycles. The number of hydrogen-bond acceptors (Lipinski definition) is 2. The molecule has 1 aromatic carbocycles. The number of rotatable bonds is 4. The molecule has 3 heteroatoms. The van der Waals surface area contributed by atoms with Gasteiger partial charge in [-0.15, -0.1) is 0 Å². The lowest BCUT2D eigenvalue weighted by Gasteiger charge is -2.20. The van der Waals surface area contributed by atoms with E-state index in [-0.39, 0.29) is 6.61 Å². The minimum Gasteiger partial charge on any atom is -0.492 e. The average molecular weight is 208 g/mol. The van der Waals surface area contributed by atoms with E-state index in [0.717, 1.165) is 11.3 Å². The van der Waals surface area contributed by atoms with Gasteiger partial charge < -0.3 is 9.84 Å². The maximum absolute atomic E-state index is 10.8. The van der Waals surface area contributed by atoms with Crippen molar-refractivity contribution in [3.63, 3.8) is 0 Å². The summed E-state index contributed by atoms with van der Waals surface area (Å²) >= 11 is 0. The largest absolute Gasteiger partial charge is 0.492 e. The topological polar surface area (TPSA) is 46.5 Å². The van der Waals surface area contributed by atoms with E-state index in [0.29, 0.717) is 0 Å². The molecule has 0 aliphatic heterocycles. The third-order valence-electron chi connectivity index (χ3n) is 2.26. The smallest absolute Gasteiger partial charge is 0.312 e. The van der Waals surface area contributed by atoms with Crippen LogP contribution in [0.3, 0.4) is 0 Å². The highest BCUT2D eigenvalue weighted by atomic mass is 16.5. The predicted octanol–water partition coefficient (Wildman–Crippen LogP) is 2.48. The molecule has 0 saturated carbocycles. The normalized spacial score (nSPS) is 11.1. The van der Waals surface area contributed by atoms with Gasteiger partial charge in [-0.1, -0.05) is 18.2 Å². The van der Waals surface area contributed by atoms with Gasteiger partial charge in [0.1, 0.15) is 12.4 Å². The molecule has 0 atom stereocenters. The lowest BCUT2D eigenvalue weighted by atomic mass is 9.95. The second kappa shape index (κ2) is 4.34. The first-order valence-electron chi connectivity index (χ1n) is 4.85. The molecule has 0 aromatic heterocycles. The second-order valence-corrected chi connectivity index (χ2v) is 4.24. The molecule has 0 bridgehead atoms. The minimum absolute atomic E-state index is 0.174. The molecule has 15 heavy (non-hydrogen) atoms. The molecule has 0 radical (unpaired) electrons. The SMILES string of the molecule is Cc1ccccc1OCC(C)(C)C(=O)O. The molecule has 1 aromatic rings. The van der Waals surface area contributed by atoms with Gasteiger partial charge in [-0.3, -0.25) is 4.79 Å². The Labute approximate surface area is 89.7 Å². The average Bonchev–Trinajstić information content (AvgIpc) is 2.16. The van der Waals surface area contributed by atoms with Gasteiger partial charge in [0.2, 0.25) is 0 Å². The standard InChI is InChI=1S/C12H16O3/c1-9-6-4-5-7-10(9)15-8-12(2,3)11(13)14/h4-7H,8H2,1-3H3,(H,13,14). The molecule has 3 nitrogen and oxygen atoms in total. The number of carbonyl (C=O) groups is 1. The fourth-order valence-corrected chi connectivity index (χ4v) is 1.04. The van der Waals surface area contributed by atoms with Crippen LogP contribution in [0.5, 0.6) is 5.75 Å². The Balaban J connectivity index is 2.66. The molecule has 0 fully saturated rings. The number of para-hydroxylation sites is 1. The van der Waals surface area contributed by atoms with Gasteiger partial charge in [0, 0.05) is 0 Å². The van der Waals surface area contributed by atoms with Gasteiger partial charge in [0.15, 0.2) is 0 Å². The summed E-state index contributed by atoms with van der Waals surface area (Å²) in [7, 11) is 0. The lowest BCUT2D eigenvalue weighted by molar-refractivity contribution is -0.148. The molecule has 0 unspecified atom stereocenters. The van der Waals surface area contributed by atoms with Crippen molar-refractivity contribution in [1.82, 2.24) is 0 Å². The van der Waals surface area contributed by atoms with Crippen LogP contribution < -0.4 is 4.74 Å². The lowest BCUT2D eigenvalue weighted by Crippen LogP contribution is -2.30. The van der Waals surface area contributed by atoms with Crippen molar-refractivity contribution in [2.45, 2.75) is 20.8 Å². The summed E-state index contributed by atoms with van der Waals surface area (Å²) < 4.78 is 5.48. The molecule has 0 amide bonds. The molecular formula is C12H16O3. The van der Waals surface area contributed by atoms with Crippen LogP contribution in [0.2, 0.25) is 0 Å². The van der Waals surface area contributed by atoms with Crippen LogP contribution in [0.25, 0.3) is 0 Å².